The van der Waals surface area contributed by atoms with Crippen molar-refractivity contribution in [3.05, 3.63) is 71.8 Å². The van der Waals surface area contributed by atoms with Gasteiger partial charge in [-0.3, -0.25) is 0 Å². The standard InChI is InChI=1S/C15H17OP/c1-13(15-10-6-3-7-11-15)16-17-12-14-8-4-2-5-9-14/h2-11,13,17H,12H2,1H3. The molecule has 2 aromatic carbocycles. The largest absolute Gasteiger partial charge is 0.355 e. The Labute approximate surface area is 105 Å². The van der Waals surface area contributed by atoms with Crippen LogP contribution < -0.4 is 0 Å². The molecule has 0 aromatic heterocycles. The second kappa shape index (κ2) is 6.54. The molecule has 0 aliphatic rings. The van der Waals surface area contributed by atoms with Crippen LogP contribution in [0.25, 0.3) is 0 Å². The summed E-state index contributed by atoms with van der Waals surface area (Å²) in [6, 6.07) is 20.8. The summed E-state index contributed by atoms with van der Waals surface area (Å²) in [5, 5.41) is 0. The molecule has 0 bridgehead atoms. The maximum atomic E-state index is 5.86. The van der Waals surface area contributed by atoms with E-state index < -0.39 is 0 Å². The van der Waals surface area contributed by atoms with Gasteiger partial charge in [-0.15, -0.1) is 0 Å². The lowest BCUT2D eigenvalue weighted by atomic mass is 10.1. The third kappa shape index (κ3) is 3.96. The van der Waals surface area contributed by atoms with E-state index in [0.717, 1.165) is 6.16 Å². The molecule has 1 nitrogen and oxygen atoms in total. The van der Waals surface area contributed by atoms with Crippen LogP contribution >= 0.6 is 8.81 Å². The topological polar surface area (TPSA) is 9.23 Å². The van der Waals surface area contributed by atoms with E-state index in [-0.39, 0.29) is 6.10 Å². The summed E-state index contributed by atoms with van der Waals surface area (Å²) in [5.74, 6) is 0. The SMILES string of the molecule is CC(OPCc1ccccc1)c1ccccc1. The molecule has 2 heteroatoms. The fraction of sp³-hybridized carbons (Fsp3) is 0.200. The quantitative estimate of drug-likeness (QED) is 0.701. The molecule has 0 saturated heterocycles. The summed E-state index contributed by atoms with van der Waals surface area (Å²) in [7, 11) is 0.516. The Balaban J connectivity index is 1.79. The molecule has 2 unspecified atom stereocenters. The summed E-state index contributed by atoms with van der Waals surface area (Å²) >= 11 is 0. The van der Waals surface area contributed by atoms with Gasteiger partial charge in [0.15, 0.2) is 0 Å². The number of hydrogen-bond acceptors (Lipinski definition) is 1. The average Bonchev–Trinajstić information content (AvgIpc) is 2.41. The van der Waals surface area contributed by atoms with Gasteiger partial charge in [0.25, 0.3) is 0 Å². The minimum absolute atomic E-state index is 0.179. The molecule has 0 spiro atoms. The number of rotatable bonds is 5. The highest BCUT2D eigenvalue weighted by Gasteiger charge is 2.04. The lowest BCUT2D eigenvalue weighted by Crippen LogP contribution is -1.93. The summed E-state index contributed by atoms with van der Waals surface area (Å²) in [5.41, 5.74) is 2.58. The Morgan fingerprint density at radius 3 is 2.18 bits per heavy atom. The molecular formula is C15H17OP. The van der Waals surface area contributed by atoms with Gasteiger partial charge in [-0.2, -0.15) is 0 Å². The van der Waals surface area contributed by atoms with Crippen LogP contribution in [0.3, 0.4) is 0 Å². The van der Waals surface area contributed by atoms with Crippen LogP contribution in [0.2, 0.25) is 0 Å². The Bertz CT molecular complexity index is 427. The van der Waals surface area contributed by atoms with Crippen LogP contribution in [-0.4, -0.2) is 0 Å². The first-order chi connectivity index (χ1) is 8.36. The molecule has 17 heavy (non-hydrogen) atoms. The molecule has 0 fully saturated rings. The van der Waals surface area contributed by atoms with Crippen molar-refractivity contribution < 1.29 is 4.52 Å². The van der Waals surface area contributed by atoms with Gasteiger partial charge in [-0.25, -0.2) is 0 Å². The van der Waals surface area contributed by atoms with Crippen LogP contribution in [0.4, 0.5) is 0 Å². The number of benzene rings is 2. The fourth-order valence-corrected chi connectivity index (χ4v) is 2.51. The molecular weight excluding hydrogens is 227 g/mol. The van der Waals surface area contributed by atoms with Gasteiger partial charge < -0.3 is 4.52 Å². The fourth-order valence-electron chi connectivity index (χ4n) is 1.64. The summed E-state index contributed by atoms with van der Waals surface area (Å²) < 4.78 is 5.86. The highest BCUT2D eigenvalue weighted by atomic mass is 31.1. The van der Waals surface area contributed by atoms with Crippen molar-refractivity contribution in [2.45, 2.75) is 19.2 Å². The summed E-state index contributed by atoms with van der Waals surface area (Å²) in [6.07, 6.45) is 1.18. The molecule has 0 N–H and O–H groups in total. The monoisotopic (exact) mass is 244 g/mol. The minimum atomic E-state index is 0.179. The molecule has 0 amide bonds. The molecule has 2 aromatic rings. The van der Waals surface area contributed by atoms with Crippen molar-refractivity contribution in [1.82, 2.24) is 0 Å². The van der Waals surface area contributed by atoms with Crippen LogP contribution in [-0.2, 0) is 10.7 Å². The molecule has 2 atom stereocenters. The maximum absolute atomic E-state index is 5.86. The zero-order chi connectivity index (χ0) is 11.9. The van der Waals surface area contributed by atoms with E-state index in [1.54, 1.807) is 0 Å². The average molecular weight is 244 g/mol. The van der Waals surface area contributed by atoms with Crippen LogP contribution in [0, 0.1) is 0 Å². The molecule has 0 heterocycles. The lowest BCUT2D eigenvalue weighted by Gasteiger charge is -2.12. The van der Waals surface area contributed by atoms with Crippen LogP contribution in [0.15, 0.2) is 60.7 Å². The van der Waals surface area contributed by atoms with Crippen molar-refractivity contribution in [2.24, 2.45) is 0 Å². The second-order valence-corrected chi connectivity index (χ2v) is 4.86. The van der Waals surface area contributed by atoms with E-state index in [4.69, 9.17) is 4.52 Å². The highest BCUT2D eigenvalue weighted by molar-refractivity contribution is 7.31. The molecule has 88 valence electrons. The van der Waals surface area contributed by atoms with E-state index in [1.807, 2.05) is 12.1 Å². The predicted molar refractivity (Wildman–Crippen MR) is 74.4 cm³/mol. The molecule has 0 saturated carbocycles. The molecule has 0 radical (unpaired) electrons. The Morgan fingerprint density at radius 1 is 0.941 bits per heavy atom. The van der Waals surface area contributed by atoms with Gasteiger partial charge in [-0.05, 0) is 18.1 Å². The summed E-state index contributed by atoms with van der Waals surface area (Å²) in [4.78, 5) is 0. The predicted octanol–water partition coefficient (Wildman–Crippen LogP) is 4.56. The van der Waals surface area contributed by atoms with E-state index >= 15 is 0 Å². The molecule has 0 aliphatic heterocycles. The van der Waals surface area contributed by atoms with E-state index in [1.165, 1.54) is 11.1 Å². The normalized spacial score (nSPS) is 13.0. The van der Waals surface area contributed by atoms with Crippen molar-refractivity contribution in [2.75, 3.05) is 0 Å². The van der Waals surface area contributed by atoms with Gasteiger partial charge in [0.05, 0.1) is 6.10 Å². The second-order valence-electron chi connectivity index (χ2n) is 3.98. The van der Waals surface area contributed by atoms with Gasteiger partial charge in [0, 0.05) is 15.0 Å². The van der Waals surface area contributed by atoms with Crippen molar-refractivity contribution >= 4 is 8.81 Å². The first-order valence-electron chi connectivity index (χ1n) is 5.83. The molecule has 2 rings (SSSR count). The number of hydrogen-bond donors (Lipinski definition) is 0. The first kappa shape index (κ1) is 12.3. The maximum Gasteiger partial charge on any atom is 0.0836 e. The van der Waals surface area contributed by atoms with Crippen molar-refractivity contribution in [1.29, 1.82) is 0 Å². The van der Waals surface area contributed by atoms with E-state index in [9.17, 15) is 0 Å². The Hall–Kier alpha value is -1.17. The minimum Gasteiger partial charge on any atom is -0.355 e. The molecule has 0 aliphatic carbocycles. The van der Waals surface area contributed by atoms with E-state index in [2.05, 4.69) is 55.5 Å². The van der Waals surface area contributed by atoms with Gasteiger partial charge in [-0.1, -0.05) is 60.7 Å². The summed E-state index contributed by atoms with van der Waals surface area (Å²) in [6.45, 7) is 2.10. The van der Waals surface area contributed by atoms with Gasteiger partial charge in [0.2, 0.25) is 0 Å². The Kier molecular flexibility index (Phi) is 4.73. The highest BCUT2D eigenvalue weighted by Crippen LogP contribution is 2.28. The van der Waals surface area contributed by atoms with E-state index in [0.29, 0.717) is 8.81 Å². The first-order valence-corrected chi connectivity index (χ1v) is 6.95. The smallest absolute Gasteiger partial charge is 0.0836 e. The van der Waals surface area contributed by atoms with Crippen LogP contribution in [0.5, 0.6) is 0 Å². The zero-order valence-electron chi connectivity index (χ0n) is 9.97. The van der Waals surface area contributed by atoms with Gasteiger partial charge >= 0.3 is 0 Å². The third-order valence-corrected chi connectivity index (χ3v) is 3.72. The van der Waals surface area contributed by atoms with Crippen LogP contribution in [0.1, 0.15) is 24.2 Å². The zero-order valence-corrected chi connectivity index (χ0v) is 11.0. The van der Waals surface area contributed by atoms with Crippen molar-refractivity contribution in [3.8, 4) is 0 Å². The Morgan fingerprint density at radius 2 is 1.53 bits per heavy atom. The van der Waals surface area contributed by atoms with Gasteiger partial charge in [0.1, 0.15) is 0 Å². The third-order valence-electron chi connectivity index (χ3n) is 2.65. The van der Waals surface area contributed by atoms with Crippen molar-refractivity contribution in [3.63, 3.8) is 0 Å². The lowest BCUT2D eigenvalue weighted by molar-refractivity contribution is 0.262.